The molecule has 0 aliphatic heterocycles. The molecule has 90 valence electrons. The molecule has 2 unspecified atom stereocenters. The Bertz CT molecular complexity index is 300. The molecule has 0 spiro atoms. The van der Waals surface area contributed by atoms with Crippen LogP contribution in [0.15, 0.2) is 24.3 Å². The fourth-order valence-corrected chi connectivity index (χ4v) is 1.56. The Morgan fingerprint density at radius 2 is 1.88 bits per heavy atom. The van der Waals surface area contributed by atoms with E-state index in [0.29, 0.717) is 0 Å². The van der Waals surface area contributed by atoms with Gasteiger partial charge in [0.2, 0.25) is 0 Å². The molecule has 0 aliphatic carbocycles. The molecule has 1 aromatic rings. The molecule has 0 aromatic heterocycles. The first-order valence-electron chi connectivity index (χ1n) is 5.34. The summed E-state index contributed by atoms with van der Waals surface area (Å²) in [5, 5.41) is 0. The molecule has 0 aliphatic rings. The molecular weight excluding hydrogens is 204 g/mol. The van der Waals surface area contributed by atoms with Gasteiger partial charge in [-0.1, -0.05) is 12.1 Å². The average molecular weight is 224 g/mol. The van der Waals surface area contributed by atoms with E-state index in [0.717, 1.165) is 17.7 Å². The summed E-state index contributed by atoms with van der Waals surface area (Å²) in [6.07, 6.45) is 1.00. The minimum absolute atomic E-state index is 0.0980. The van der Waals surface area contributed by atoms with Crippen molar-refractivity contribution in [3.8, 4) is 5.75 Å². The van der Waals surface area contributed by atoms with Crippen molar-refractivity contribution in [2.45, 2.75) is 25.5 Å². The topological polar surface area (TPSA) is 56.5 Å². The van der Waals surface area contributed by atoms with E-state index < -0.39 is 0 Å². The Morgan fingerprint density at radius 1 is 1.25 bits per heavy atom. The summed E-state index contributed by atoms with van der Waals surface area (Å²) in [7, 11) is 3.35. The Labute approximate surface area is 96.7 Å². The minimum Gasteiger partial charge on any atom is -0.497 e. The summed E-state index contributed by atoms with van der Waals surface area (Å²) in [5.74, 6) is 6.39. The number of hydrazine groups is 1. The molecule has 4 nitrogen and oxygen atoms in total. The van der Waals surface area contributed by atoms with Gasteiger partial charge in [0.15, 0.2) is 0 Å². The molecule has 1 rings (SSSR count). The van der Waals surface area contributed by atoms with E-state index in [4.69, 9.17) is 15.3 Å². The lowest BCUT2D eigenvalue weighted by molar-refractivity contribution is 0.100. The van der Waals surface area contributed by atoms with Crippen LogP contribution in [0.3, 0.4) is 0 Å². The molecule has 1 aromatic carbocycles. The zero-order chi connectivity index (χ0) is 12.0. The number of methoxy groups -OCH3 is 2. The molecule has 0 radical (unpaired) electrons. The van der Waals surface area contributed by atoms with Crippen LogP contribution < -0.4 is 16.0 Å². The molecule has 0 heterocycles. The first-order valence-corrected chi connectivity index (χ1v) is 5.34. The summed E-state index contributed by atoms with van der Waals surface area (Å²) in [5.41, 5.74) is 3.93. The third kappa shape index (κ3) is 3.48. The summed E-state index contributed by atoms with van der Waals surface area (Å²) in [6.45, 7) is 2.02. The smallest absolute Gasteiger partial charge is 0.118 e. The summed E-state index contributed by atoms with van der Waals surface area (Å²) in [4.78, 5) is 0. The molecule has 4 heteroatoms. The van der Waals surface area contributed by atoms with Crippen LogP contribution in [0.4, 0.5) is 0 Å². The van der Waals surface area contributed by atoms with Gasteiger partial charge in [0, 0.05) is 13.2 Å². The van der Waals surface area contributed by atoms with Crippen LogP contribution in [0, 0.1) is 0 Å². The van der Waals surface area contributed by atoms with Gasteiger partial charge in [-0.25, -0.2) is 0 Å². The van der Waals surface area contributed by atoms with E-state index in [2.05, 4.69) is 5.43 Å². The van der Waals surface area contributed by atoms with E-state index >= 15 is 0 Å². The highest BCUT2D eigenvalue weighted by Gasteiger charge is 2.13. The second-order valence-corrected chi connectivity index (χ2v) is 3.77. The lowest BCUT2D eigenvalue weighted by atomic mass is 10.0. The monoisotopic (exact) mass is 224 g/mol. The van der Waals surface area contributed by atoms with E-state index in [1.807, 2.05) is 31.2 Å². The Balaban J connectivity index is 2.70. The van der Waals surface area contributed by atoms with Crippen molar-refractivity contribution in [1.29, 1.82) is 0 Å². The molecule has 16 heavy (non-hydrogen) atoms. The first-order chi connectivity index (χ1) is 7.71. The van der Waals surface area contributed by atoms with Gasteiger partial charge in [-0.3, -0.25) is 11.3 Å². The maximum atomic E-state index is 5.54. The number of hydrogen-bond donors (Lipinski definition) is 2. The van der Waals surface area contributed by atoms with Gasteiger partial charge in [-0.2, -0.15) is 0 Å². The second kappa shape index (κ2) is 6.48. The predicted molar refractivity (Wildman–Crippen MR) is 64.1 cm³/mol. The fourth-order valence-electron chi connectivity index (χ4n) is 1.56. The maximum absolute atomic E-state index is 5.54. The van der Waals surface area contributed by atoms with E-state index in [-0.39, 0.29) is 12.1 Å². The van der Waals surface area contributed by atoms with Gasteiger partial charge >= 0.3 is 0 Å². The van der Waals surface area contributed by atoms with E-state index in [1.54, 1.807) is 14.2 Å². The van der Waals surface area contributed by atoms with E-state index in [1.165, 1.54) is 0 Å². The van der Waals surface area contributed by atoms with Crippen LogP contribution in [-0.4, -0.2) is 20.3 Å². The van der Waals surface area contributed by atoms with Crippen molar-refractivity contribution in [3.63, 3.8) is 0 Å². The largest absolute Gasteiger partial charge is 0.497 e. The van der Waals surface area contributed by atoms with Gasteiger partial charge in [0.25, 0.3) is 0 Å². The third-order valence-electron chi connectivity index (χ3n) is 2.69. The standard InChI is InChI=1S/C12H20N2O2/c1-9(15-2)8-12(14-13)10-4-6-11(16-3)7-5-10/h4-7,9,12,14H,8,13H2,1-3H3. The van der Waals surface area contributed by atoms with Crippen LogP contribution in [0.25, 0.3) is 0 Å². The maximum Gasteiger partial charge on any atom is 0.118 e. The number of benzene rings is 1. The first kappa shape index (κ1) is 13.0. The van der Waals surface area contributed by atoms with Crippen LogP contribution in [0.5, 0.6) is 5.75 Å². The Morgan fingerprint density at radius 3 is 2.31 bits per heavy atom. The highest BCUT2D eigenvalue weighted by Crippen LogP contribution is 2.21. The van der Waals surface area contributed by atoms with Gasteiger partial charge < -0.3 is 9.47 Å². The quantitative estimate of drug-likeness (QED) is 0.569. The highest BCUT2D eigenvalue weighted by atomic mass is 16.5. The summed E-state index contributed by atoms with van der Waals surface area (Å²) >= 11 is 0. The van der Waals surface area contributed by atoms with Crippen molar-refractivity contribution >= 4 is 0 Å². The molecule has 0 bridgehead atoms. The fraction of sp³-hybridized carbons (Fsp3) is 0.500. The zero-order valence-electron chi connectivity index (χ0n) is 10.1. The van der Waals surface area contributed by atoms with Gasteiger partial charge in [0.05, 0.1) is 13.2 Å². The Kier molecular flexibility index (Phi) is 5.25. The number of nitrogens with one attached hydrogen (secondary N) is 1. The zero-order valence-corrected chi connectivity index (χ0v) is 10.1. The number of hydrogen-bond acceptors (Lipinski definition) is 4. The number of rotatable bonds is 6. The number of nitrogens with two attached hydrogens (primary N) is 1. The van der Waals surface area contributed by atoms with Crippen LogP contribution in [-0.2, 0) is 4.74 Å². The average Bonchev–Trinajstić information content (AvgIpc) is 2.35. The van der Waals surface area contributed by atoms with Crippen LogP contribution in [0.1, 0.15) is 24.9 Å². The minimum atomic E-state index is 0.0980. The lowest BCUT2D eigenvalue weighted by Gasteiger charge is -2.20. The lowest BCUT2D eigenvalue weighted by Crippen LogP contribution is -2.30. The highest BCUT2D eigenvalue weighted by molar-refractivity contribution is 5.29. The molecule has 0 saturated carbocycles. The Hall–Kier alpha value is -1.10. The normalized spacial score (nSPS) is 14.5. The second-order valence-electron chi connectivity index (χ2n) is 3.77. The summed E-state index contributed by atoms with van der Waals surface area (Å²) < 4.78 is 10.3. The molecular formula is C12H20N2O2. The van der Waals surface area contributed by atoms with Crippen LogP contribution in [0.2, 0.25) is 0 Å². The van der Waals surface area contributed by atoms with Gasteiger partial charge in [-0.15, -0.1) is 0 Å². The van der Waals surface area contributed by atoms with Gasteiger partial charge in [0.1, 0.15) is 5.75 Å². The summed E-state index contributed by atoms with van der Waals surface area (Å²) in [6, 6.07) is 7.96. The van der Waals surface area contributed by atoms with E-state index in [9.17, 15) is 0 Å². The van der Waals surface area contributed by atoms with Crippen molar-refractivity contribution in [2.75, 3.05) is 14.2 Å². The van der Waals surface area contributed by atoms with Crippen molar-refractivity contribution < 1.29 is 9.47 Å². The molecule has 0 fully saturated rings. The van der Waals surface area contributed by atoms with Crippen molar-refractivity contribution in [3.05, 3.63) is 29.8 Å². The molecule has 0 saturated heterocycles. The third-order valence-corrected chi connectivity index (χ3v) is 2.69. The molecule has 0 amide bonds. The van der Waals surface area contributed by atoms with Crippen molar-refractivity contribution in [1.82, 2.24) is 5.43 Å². The van der Waals surface area contributed by atoms with Gasteiger partial charge in [-0.05, 0) is 31.0 Å². The molecule has 2 atom stereocenters. The van der Waals surface area contributed by atoms with Crippen molar-refractivity contribution in [2.24, 2.45) is 5.84 Å². The SMILES string of the molecule is COc1ccc(C(CC(C)OC)NN)cc1. The number of ether oxygens (including phenoxy) is 2. The van der Waals surface area contributed by atoms with Crippen LogP contribution >= 0.6 is 0 Å². The molecule has 3 N–H and O–H groups in total. The predicted octanol–water partition coefficient (Wildman–Crippen LogP) is 1.62.